The van der Waals surface area contributed by atoms with Crippen LogP contribution in [-0.4, -0.2) is 12.0 Å². The molecule has 1 heterocycles. The Hall–Kier alpha value is -1.12. The van der Waals surface area contributed by atoms with Gasteiger partial charge >= 0.3 is 0 Å². The third kappa shape index (κ3) is 1.80. The fourth-order valence-electron chi connectivity index (χ4n) is 2.97. The minimum absolute atomic E-state index is 0.803. The van der Waals surface area contributed by atoms with E-state index in [2.05, 4.69) is 18.3 Å². The Morgan fingerprint density at radius 1 is 1.33 bits per heavy atom. The van der Waals surface area contributed by atoms with Crippen molar-refractivity contribution >= 4 is 22.5 Å². The fourth-order valence-corrected chi connectivity index (χ4v) is 3.24. The van der Waals surface area contributed by atoms with Crippen molar-refractivity contribution in [3.05, 3.63) is 39.5 Å². The maximum Gasteiger partial charge on any atom is 0.0738 e. The number of nitrogens with zero attached hydrogens (tertiary/aromatic N) is 1. The molecule has 3 heteroatoms. The molecule has 0 fully saturated rings. The highest BCUT2D eigenvalue weighted by Crippen LogP contribution is 2.32. The summed E-state index contributed by atoms with van der Waals surface area (Å²) in [4.78, 5) is 4.85. The van der Waals surface area contributed by atoms with Gasteiger partial charge in [0.25, 0.3) is 0 Å². The van der Waals surface area contributed by atoms with Crippen LogP contribution >= 0.6 is 11.6 Å². The molecule has 1 aromatic heterocycles. The van der Waals surface area contributed by atoms with E-state index in [-0.39, 0.29) is 0 Å². The van der Waals surface area contributed by atoms with E-state index in [0.717, 1.165) is 29.9 Å². The van der Waals surface area contributed by atoms with Crippen LogP contribution in [0.1, 0.15) is 28.8 Å². The molecule has 0 saturated carbocycles. The maximum absolute atomic E-state index is 6.20. The van der Waals surface area contributed by atoms with Crippen LogP contribution in [-0.2, 0) is 19.4 Å². The minimum Gasteiger partial charge on any atom is -0.316 e. The molecule has 0 saturated heterocycles. The van der Waals surface area contributed by atoms with Crippen molar-refractivity contribution in [3.63, 3.8) is 0 Å². The number of rotatable bonds is 2. The van der Waals surface area contributed by atoms with Crippen LogP contribution in [0.2, 0.25) is 5.02 Å². The third-order valence-electron chi connectivity index (χ3n) is 3.74. The van der Waals surface area contributed by atoms with Crippen LogP contribution in [0, 0.1) is 6.92 Å². The van der Waals surface area contributed by atoms with Crippen molar-refractivity contribution in [2.45, 2.75) is 32.7 Å². The first-order chi connectivity index (χ1) is 8.70. The van der Waals surface area contributed by atoms with Crippen molar-refractivity contribution < 1.29 is 0 Å². The van der Waals surface area contributed by atoms with Crippen molar-refractivity contribution in [3.8, 4) is 0 Å². The van der Waals surface area contributed by atoms with E-state index < -0.39 is 0 Å². The zero-order valence-corrected chi connectivity index (χ0v) is 11.6. The number of hydrogen-bond donors (Lipinski definition) is 1. The lowest BCUT2D eigenvalue weighted by atomic mass is 9.99. The lowest BCUT2D eigenvalue weighted by Gasteiger charge is -2.14. The number of aromatic nitrogens is 1. The van der Waals surface area contributed by atoms with Crippen molar-refractivity contribution in [1.29, 1.82) is 0 Å². The lowest BCUT2D eigenvalue weighted by molar-refractivity contribution is 0.809. The van der Waals surface area contributed by atoms with E-state index in [9.17, 15) is 0 Å². The first kappa shape index (κ1) is 11.9. The first-order valence-electron chi connectivity index (χ1n) is 6.46. The molecule has 0 atom stereocenters. The maximum atomic E-state index is 6.20. The summed E-state index contributed by atoms with van der Waals surface area (Å²) in [6, 6.07) is 4.06. The van der Waals surface area contributed by atoms with Gasteiger partial charge in [-0.1, -0.05) is 11.6 Å². The van der Waals surface area contributed by atoms with Gasteiger partial charge in [-0.25, -0.2) is 0 Å². The Morgan fingerprint density at radius 2 is 2.17 bits per heavy atom. The smallest absolute Gasteiger partial charge is 0.0738 e. The topological polar surface area (TPSA) is 24.9 Å². The van der Waals surface area contributed by atoms with Gasteiger partial charge in [-0.05, 0) is 62.1 Å². The quantitative estimate of drug-likeness (QED) is 0.895. The zero-order valence-electron chi connectivity index (χ0n) is 10.8. The van der Waals surface area contributed by atoms with Gasteiger partial charge in [0, 0.05) is 22.6 Å². The normalized spacial score (nSPS) is 14.2. The molecule has 0 aliphatic heterocycles. The molecule has 0 unspecified atom stereocenters. The highest BCUT2D eigenvalue weighted by molar-refractivity contribution is 6.31. The molecule has 1 N–H and O–H groups in total. The van der Waals surface area contributed by atoms with Crippen molar-refractivity contribution in [2.24, 2.45) is 0 Å². The van der Waals surface area contributed by atoms with Crippen molar-refractivity contribution in [2.75, 3.05) is 7.05 Å². The highest BCUT2D eigenvalue weighted by Gasteiger charge is 2.19. The second-order valence-electron chi connectivity index (χ2n) is 5.02. The number of halogens is 1. The number of pyridine rings is 1. The summed E-state index contributed by atoms with van der Waals surface area (Å²) in [5.41, 5.74) is 6.41. The van der Waals surface area contributed by atoms with Gasteiger partial charge < -0.3 is 5.32 Å². The second kappa shape index (κ2) is 4.52. The average Bonchev–Trinajstić information content (AvgIpc) is 2.78. The number of benzene rings is 1. The van der Waals surface area contributed by atoms with E-state index in [1.54, 1.807) is 0 Å². The Morgan fingerprint density at radius 3 is 2.94 bits per heavy atom. The van der Waals surface area contributed by atoms with Crippen LogP contribution in [0.3, 0.4) is 0 Å². The van der Waals surface area contributed by atoms with Gasteiger partial charge in [-0.3, -0.25) is 4.98 Å². The summed E-state index contributed by atoms with van der Waals surface area (Å²) in [5.74, 6) is 0. The monoisotopic (exact) mass is 260 g/mol. The van der Waals surface area contributed by atoms with Gasteiger partial charge in [-0.2, -0.15) is 0 Å². The minimum atomic E-state index is 0.803. The molecular weight excluding hydrogens is 244 g/mol. The van der Waals surface area contributed by atoms with Crippen LogP contribution in [0.5, 0.6) is 0 Å². The Kier molecular flexibility index (Phi) is 3.00. The molecule has 0 radical (unpaired) electrons. The summed E-state index contributed by atoms with van der Waals surface area (Å²) in [5, 5.41) is 5.29. The Balaban J connectivity index is 2.38. The number of hydrogen-bond acceptors (Lipinski definition) is 2. The molecule has 1 aliphatic rings. The predicted molar refractivity (Wildman–Crippen MR) is 76.3 cm³/mol. The van der Waals surface area contributed by atoms with Crippen LogP contribution in [0.4, 0.5) is 0 Å². The standard InChI is InChI=1S/C15H17ClN2/c1-9-6-10(16)7-12-13(8-17-2)11-4-3-5-14(11)18-15(9)12/h6-7,17H,3-5,8H2,1-2H3. The molecule has 0 amide bonds. The number of nitrogens with one attached hydrogen (secondary N) is 1. The molecule has 1 aliphatic carbocycles. The summed E-state index contributed by atoms with van der Waals surface area (Å²) in [7, 11) is 1.99. The highest BCUT2D eigenvalue weighted by atomic mass is 35.5. The summed E-state index contributed by atoms with van der Waals surface area (Å²) in [6.45, 7) is 2.98. The van der Waals surface area contributed by atoms with Crippen LogP contribution in [0.25, 0.3) is 10.9 Å². The van der Waals surface area contributed by atoms with E-state index in [1.165, 1.54) is 34.2 Å². The van der Waals surface area contributed by atoms with Crippen molar-refractivity contribution in [1.82, 2.24) is 10.3 Å². The van der Waals surface area contributed by atoms with Gasteiger partial charge in [0.2, 0.25) is 0 Å². The average molecular weight is 261 g/mol. The molecule has 2 nitrogen and oxygen atoms in total. The molecule has 2 aromatic rings. The van der Waals surface area contributed by atoms with E-state index in [4.69, 9.17) is 16.6 Å². The SMILES string of the molecule is CNCc1c2c(nc3c(C)cc(Cl)cc13)CCC2. The molecule has 94 valence electrons. The fraction of sp³-hybridized carbons (Fsp3) is 0.400. The Bertz CT molecular complexity index is 620. The number of fused-ring (bicyclic) bond motifs is 2. The summed E-state index contributed by atoms with van der Waals surface area (Å²) < 4.78 is 0. The van der Waals surface area contributed by atoms with Gasteiger partial charge in [0.1, 0.15) is 0 Å². The zero-order chi connectivity index (χ0) is 12.7. The molecule has 0 bridgehead atoms. The Labute approximate surface area is 112 Å². The summed E-state index contributed by atoms with van der Waals surface area (Å²) in [6.07, 6.45) is 3.49. The molecule has 3 rings (SSSR count). The first-order valence-corrected chi connectivity index (χ1v) is 6.83. The molecular formula is C15H17ClN2. The van der Waals surface area contributed by atoms with E-state index >= 15 is 0 Å². The second-order valence-corrected chi connectivity index (χ2v) is 5.45. The summed E-state index contributed by atoms with van der Waals surface area (Å²) >= 11 is 6.20. The third-order valence-corrected chi connectivity index (χ3v) is 3.96. The van der Waals surface area contributed by atoms with E-state index in [0.29, 0.717) is 0 Å². The molecule has 0 spiro atoms. The predicted octanol–water partition coefficient (Wildman–Crippen LogP) is 3.40. The lowest BCUT2D eigenvalue weighted by Crippen LogP contribution is -2.10. The molecule has 18 heavy (non-hydrogen) atoms. The molecule has 1 aromatic carbocycles. The van der Waals surface area contributed by atoms with Crippen LogP contribution in [0.15, 0.2) is 12.1 Å². The van der Waals surface area contributed by atoms with E-state index in [1.807, 2.05) is 13.1 Å². The van der Waals surface area contributed by atoms with Gasteiger partial charge in [-0.15, -0.1) is 0 Å². The largest absolute Gasteiger partial charge is 0.316 e. The van der Waals surface area contributed by atoms with Gasteiger partial charge in [0.05, 0.1) is 5.52 Å². The number of aryl methyl sites for hydroxylation is 2. The van der Waals surface area contributed by atoms with Gasteiger partial charge in [0.15, 0.2) is 0 Å². The van der Waals surface area contributed by atoms with Crippen LogP contribution < -0.4 is 5.32 Å².